The van der Waals surface area contributed by atoms with Gasteiger partial charge in [0.1, 0.15) is 18.5 Å². The highest BCUT2D eigenvalue weighted by Gasteiger charge is 2.07. The third-order valence-electron chi connectivity index (χ3n) is 3.12. The molecule has 0 bridgehead atoms. The number of aryl methyl sites for hydroxylation is 3. The summed E-state index contributed by atoms with van der Waals surface area (Å²) in [4.78, 5) is 5.38. The second-order valence-corrected chi connectivity index (χ2v) is 6.53. The van der Waals surface area contributed by atoms with Crippen molar-refractivity contribution in [3.8, 4) is 5.75 Å². The number of thiazole rings is 1. The Hall–Kier alpha value is -1.43. The summed E-state index contributed by atoms with van der Waals surface area (Å²) in [6, 6.07) is 6.08. The van der Waals surface area contributed by atoms with Crippen molar-refractivity contribution in [2.45, 2.75) is 33.4 Å². The number of aliphatic hydroxyl groups excluding tert-OH is 1. The van der Waals surface area contributed by atoms with Gasteiger partial charge in [-0.15, -0.1) is 11.3 Å². The monoisotopic (exact) mass is 306 g/mol. The highest BCUT2D eigenvalue weighted by Crippen LogP contribution is 2.19. The first-order chi connectivity index (χ1) is 10.0. The predicted octanol–water partition coefficient (Wildman–Crippen LogP) is 2.60. The summed E-state index contributed by atoms with van der Waals surface area (Å²) < 4.78 is 5.69. The number of ether oxygens (including phenoxy) is 1. The summed E-state index contributed by atoms with van der Waals surface area (Å²) in [5.74, 6) is 0.840. The van der Waals surface area contributed by atoms with Crippen LogP contribution >= 0.6 is 11.3 Å². The first kappa shape index (κ1) is 15.9. The molecule has 0 amide bonds. The molecular formula is C16H22N2O2S. The van der Waals surface area contributed by atoms with Crippen LogP contribution in [0, 0.1) is 20.8 Å². The number of aliphatic hydroxyl groups is 1. The molecule has 2 rings (SSSR count). The maximum atomic E-state index is 9.95. The Kier molecular flexibility index (Phi) is 5.73. The maximum absolute atomic E-state index is 9.95. The van der Waals surface area contributed by atoms with Gasteiger partial charge in [0.15, 0.2) is 0 Å². The zero-order valence-corrected chi connectivity index (χ0v) is 13.5. The van der Waals surface area contributed by atoms with E-state index in [0.29, 0.717) is 13.2 Å². The van der Waals surface area contributed by atoms with E-state index in [-0.39, 0.29) is 0 Å². The molecule has 0 aliphatic heterocycles. The molecule has 1 aromatic carbocycles. The average molecular weight is 306 g/mol. The zero-order chi connectivity index (χ0) is 15.2. The molecule has 21 heavy (non-hydrogen) atoms. The fraction of sp³-hybridized carbons (Fsp3) is 0.438. The molecular weight excluding hydrogens is 284 g/mol. The van der Waals surface area contributed by atoms with Crippen LogP contribution in [-0.2, 0) is 6.54 Å². The molecule has 1 atom stereocenters. The summed E-state index contributed by atoms with van der Waals surface area (Å²) in [7, 11) is 0. The molecule has 5 heteroatoms. The molecule has 0 aliphatic carbocycles. The Morgan fingerprint density at radius 1 is 1.33 bits per heavy atom. The van der Waals surface area contributed by atoms with E-state index in [1.54, 1.807) is 11.3 Å². The predicted molar refractivity (Wildman–Crippen MR) is 86.0 cm³/mol. The quantitative estimate of drug-likeness (QED) is 0.825. The van der Waals surface area contributed by atoms with E-state index < -0.39 is 6.10 Å². The van der Waals surface area contributed by atoms with Crippen LogP contribution in [0.4, 0.5) is 0 Å². The van der Waals surface area contributed by atoms with Gasteiger partial charge >= 0.3 is 0 Å². The minimum Gasteiger partial charge on any atom is -0.491 e. The smallest absolute Gasteiger partial charge is 0.122 e. The minimum absolute atomic E-state index is 0.291. The first-order valence-corrected chi connectivity index (χ1v) is 7.86. The van der Waals surface area contributed by atoms with Crippen LogP contribution in [-0.4, -0.2) is 29.3 Å². The van der Waals surface area contributed by atoms with E-state index in [1.807, 2.05) is 39.1 Å². The Bertz CT molecular complexity index is 583. The van der Waals surface area contributed by atoms with Crippen molar-refractivity contribution in [3.63, 3.8) is 0 Å². The van der Waals surface area contributed by atoms with Crippen LogP contribution < -0.4 is 10.1 Å². The van der Waals surface area contributed by atoms with Crippen molar-refractivity contribution in [1.82, 2.24) is 10.3 Å². The Morgan fingerprint density at radius 2 is 2.14 bits per heavy atom. The third kappa shape index (κ3) is 5.12. The molecule has 1 heterocycles. The lowest BCUT2D eigenvalue weighted by molar-refractivity contribution is 0.106. The largest absolute Gasteiger partial charge is 0.491 e. The third-order valence-corrected chi connectivity index (χ3v) is 4.04. The van der Waals surface area contributed by atoms with Gasteiger partial charge in [-0.05, 0) is 38.0 Å². The Balaban J connectivity index is 1.72. The van der Waals surface area contributed by atoms with Gasteiger partial charge in [-0.25, -0.2) is 4.98 Å². The fourth-order valence-electron chi connectivity index (χ4n) is 1.96. The number of benzene rings is 1. The highest BCUT2D eigenvalue weighted by atomic mass is 32.1. The fourth-order valence-corrected chi connectivity index (χ4v) is 2.72. The van der Waals surface area contributed by atoms with Crippen LogP contribution in [0.5, 0.6) is 5.75 Å². The van der Waals surface area contributed by atoms with Gasteiger partial charge in [-0.1, -0.05) is 12.1 Å². The molecule has 0 saturated carbocycles. The van der Waals surface area contributed by atoms with Gasteiger partial charge < -0.3 is 15.2 Å². The van der Waals surface area contributed by atoms with Gasteiger partial charge in [0.2, 0.25) is 0 Å². The Labute approximate surface area is 129 Å². The van der Waals surface area contributed by atoms with E-state index in [4.69, 9.17) is 4.74 Å². The zero-order valence-electron chi connectivity index (χ0n) is 12.7. The van der Waals surface area contributed by atoms with E-state index in [1.165, 1.54) is 4.88 Å². The van der Waals surface area contributed by atoms with Gasteiger partial charge in [0.25, 0.3) is 0 Å². The number of aromatic nitrogens is 1. The van der Waals surface area contributed by atoms with E-state index in [2.05, 4.69) is 16.4 Å². The highest BCUT2D eigenvalue weighted by molar-refractivity contribution is 7.11. The van der Waals surface area contributed by atoms with E-state index in [0.717, 1.165) is 28.4 Å². The molecule has 2 N–H and O–H groups in total. The van der Waals surface area contributed by atoms with Gasteiger partial charge in [-0.2, -0.15) is 0 Å². The molecule has 114 valence electrons. The normalized spacial score (nSPS) is 12.4. The molecule has 4 nitrogen and oxygen atoms in total. The second kappa shape index (κ2) is 7.54. The molecule has 0 spiro atoms. The SMILES string of the molecule is Cc1ccc(C)c(OCC(O)CNCc2cnc(C)s2)c1. The van der Waals surface area contributed by atoms with Crippen LogP contribution in [0.15, 0.2) is 24.4 Å². The standard InChI is InChI=1S/C16H22N2O2S/c1-11-4-5-12(2)16(6-11)20-10-14(19)7-17-8-15-9-18-13(3)21-15/h4-6,9,14,17,19H,7-8,10H2,1-3H3. The van der Waals surface area contributed by atoms with Gasteiger partial charge in [-0.3, -0.25) is 0 Å². The van der Waals surface area contributed by atoms with Gasteiger partial charge in [0, 0.05) is 24.2 Å². The lowest BCUT2D eigenvalue weighted by atomic mass is 10.1. The maximum Gasteiger partial charge on any atom is 0.122 e. The summed E-state index contributed by atoms with van der Waals surface area (Å²) in [6.45, 7) is 7.54. The molecule has 1 aromatic heterocycles. The lowest BCUT2D eigenvalue weighted by Crippen LogP contribution is -2.31. The summed E-state index contributed by atoms with van der Waals surface area (Å²) in [5.41, 5.74) is 2.24. The minimum atomic E-state index is -0.529. The van der Waals surface area contributed by atoms with Crippen molar-refractivity contribution < 1.29 is 9.84 Å². The Morgan fingerprint density at radius 3 is 2.86 bits per heavy atom. The van der Waals surface area contributed by atoms with Gasteiger partial charge in [0.05, 0.1) is 5.01 Å². The number of nitrogens with one attached hydrogen (secondary N) is 1. The topological polar surface area (TPSA) is 54.4 Å². The van der Waals surface area contributed by atoms with Crippen LogP contribution in [0.1, 0.15) is 21.0 Å². The lowest BCUT2D eigenvalue weighted by Gasteiger charge is -2.14. The van der Waals surface area contributed by atoms with Crippen molar-refractivity contribution in [2.75, 3.05) is 13.2 Å². The van der Waals surface area contributed by atoms with Crippen molar-refractivity contribution in [1.29, 1.82) is 0 Å². The number of hydrogen-bond acceptors (Lipinski definition) is 5. The van der Waals surface area contributed by atoms with Crippen LogP contribution in [0.3, 0.4) is 0 Å². The molecule has 0 aliphatic rings. The number of hydrogen-bond donors (Lipinski definition) is 2. The van der Waals surface area contributed by atoms with Crippen molar-refractivity contribution in [3.05, 3.63) is 45.4 Å². The van der Waals surface area contributed by atoms with Crippen LogP contribution in [0.2, 0.25) is 0 Å². The first-order valence-electron chi connectivity index (χ1n) is 7.04. The molecule has 0 fully saturated rings. The number of nitrogens with zero attached hydrogens (tertiary/aromatic N) is 1. The summed E-state index contributed by atoms with van der Waals surface area (Å²) in [5, 5.41) is 14.2. The molecule has 1 unspecified atom stereocenters. The van der Waals surface area contributed by atoms with Crippen molar-refractivity contribution in [2.24, 2.45) is 0 Å². The molecule has 2 aromatic rings. The van der Waals surface area contributed by atoms with E-state index >= 15 is 0 Å². The van der Waals surface area contributed by atoms with Crippen molar-refractivity contribution >= 4 is 11.3 Å². The second-order valence-electron chi connectivity index (χ2n) is 5.21. The van der Waals surface area contributed by atoms with Crippen LogP contribution in [0.25, 0.3) is 0 Å². The summed E-state index contributed by atoms with van der Waals surface area (Å²) >= 11 is 1.67. The summed E-state index contributed by atoms with van der Waals surface area (Å²) in [6.07, 6.45) is 1.34. The number of rotatable bonds is 7. The molecule has 0 saturated heterocycles. The van der Waals surface area contributed by atoms with E-state index in [9.17, 15) is 5.11 Å². The average Bonchev–Trinajstić information content (AvgIpc) is 2.85. The molecule has 0 radical (unpaired) electrons.